The van der Waals surface area contributed by atoms with E-state index < -0.39 is 0 Å². The van der Waals surface area contributed by atoms with E-state index in [0.717, 1.165) is 5.56 Å². The molecular weight excluding hydrogens is 242 g/mol. The van der Waals surface area contributed by atoms with Crippen LogP contribution in [0.4, 0.5) is 0 Å². The van der Waals surface area contributed by atoms with Gasteiger partial charge in [0.2, 0.25) is 5.88 Å². The highest BCUT2D eigenvalue weighted by Gasteiger charge is 2.14. The molecule has 2 aromatic rings. The second-order valence-corrected chi connectivity index (χ2v) is 4.01. The summed E-state index contributed by atoms with van der Waals surface area (Å²) in [7, 11) is 1.48. The summed E-state index contributed by atoms with van der Waals surface area (Å²) in [6.07, 6.45) is 1.47. The first-order valence-electron chi connectivity index (χ1n) is 5.90. The van der Waals surface area contributed by atoms with Crippen molar-refractivity contribution in [2.45, 2.75) is 13.5 Å². The average Bonchev–Trinajstić information content (AvgIpc) is 2.45. The van der Waals surface area contributed by atoms with E-state index in [1.165, 1.54) is 13.3 Å². The number of carbonyl (C=O) groups excluding carboxylic acids is 1. The van der Waals surface area contributed by atoms with Gasteiger partial charge in [-0.3, -0.25) is 4.79 Å². The number of aryl methyl sites for hydroxylation is 1. The van der Waals surface area contributed by atoms with Crippen molar-refractivity contribution in [3.63, 3.8) is 0 Å². The Balaban J connectivity index is 2.08. The van der Waals surface area contributed by atoms with Crippen LogP contribution in [0.25, 0.3) is 0 Å². The summed E-state index contributed by atoms with van der Waals surface area (Å²) in [6.45, 7) is 2.20. The second kappa shape index (κ2) is 5.95. The van der Waals surface area contributed by atoms with Crippen LogP contribution in [0.5, 0.6) is 5.88 Å². The molecule has 0 fully saturated rings. The Kier molecular flexibility index (Phi) is 4.07. The molecule has 0 aliphatic heterocycles. The van der Waals surface area contributed by atoms with Gasteiger partial charge in [-0.15, -0.1) is 0 Å². The zero-order chi connectivity index (χ0) is 13.7. The van der Waals surface area contributed by atoms with Crippen molar-refractivity contribution in [1.29, 1.82) is 0 Å². The lowest BCUT2D eigenvalue weighted by atomic mass is 10.2. The van der Waals surface area contributed by atoms with Crippen molar-refractivity contribution in [3.05, 3.63) is 53.5 Å². The van der Waals surface area contributed by atoms with Gasteiger partial charge in [-0.05, 0) is 12.5 Å². The number of ether oxygens (including phenoxy) is 1. The molecule has 0 aliphatic rings. The van der Waals surface area contributed by atoms with Crippen LogP contribution >= 0.6 is 0 Å². The van der Waals surface area contributed by atoms with Gasteiger partial charge in [-0.2, -0.15) is 4.98 Å². The molecule has 1 N–H and O–H groups in total. The summed E-state index contributed by atoms with van der Waals surface area (Å²) < 4.78 is 5.09. The molecule has 0 atom stereocenters. The maximum Gasteiger partial charge on any atom is 0.258 e. The van der Waals surface area contributed by atoms with Gasteiger partial charge in [0, 0.05) is 12.7 Å². The molecule has 0 bridgehead atoms. The van der Waals surface area contributed by atoms with E-state index in [9.17, 15) is 4.79 Å². The van der Waals surface area contributed by atoms with Crippen LogP contribution in [-0.4, -0.2) is 23.0 Å². The molecule has 0 saturated heterocycles. The molecule has 1 aromatic carbocycles. The minimum atomic E-state index is -0.249. The molecule has 0 aliphatic carbocycles. The van der Waals surface area contributed by atoms with Crippen molar-refractivity contribution in [2.75, 3.05) is 7.11 Å². The summed E-state index contributed by atoms with van der Waals surface area (Å²) in [4.78, 5) is 20.1. The molecule has 98 valence electrons. The average molecular weight is 257 g/mol. The Morgan fingerprint density at radius 3 is 2.74 bits per heavy atom. The summed E-state index contributed by atoms with van der Waals surface area (Å²) in [5.74, 6) is 0.607. The summed E-state index contributed by atoms with van der Waals surface area (Å²) in [5, 5.41) is 2.81. The number of methoxy groups -OCH3 is 1. The Morgan fingerprint density at radius 1 is 1.32 bits per heavy atom. The molecule has 1 heterocycles. The SMILES string of the molecule is COc1nc(C)ncc1C(=O)NCc1ccccc1. The maximum absolute atomic E-state index is 12.0. The summed E-state index contributed by atoms with van der Waals surface area (Å²) in [6, 6.07) is 9.68. The fourth-order valence-corrected chi connectivity index (χ4v) is 1.63. The van der Waals surface area contributed by atoms with Crippen LogP contribution in [0.3, 0.4) is 0 Å². The zero-order valence-corrected chi connectivity index (χ0v) is 10.9. The Hall–Kier alpha value is -2.43. The van der Waals surface area contributed by atoms with Crippen LogP contribution in [0.1, 0.15) is 21.7 Å². The Bertz CT molecular complexity index is 570. The van der Waals surface area contributed by atoms with Gasteiger partial charge in [-0.25, -0.2) is 4.98 Å². The quantitative estimate of drug-likeness (QED) is 0.905. The molecule has 0 spiro atoms. The van der Waals surface area contributed by atoms with Crippen LogP contribution in [0, 0.1) is 6.92 Å². The van der Waals surface area contributed by atoms with Crippen molar-refractivity contribution in [1.82, 2.24) is 15.3 Å². The highest BCUT2D eigenvalue weighted by Crippen LogP contribution is 2.13. The molecule has 1 amide bonds. The van der Waals surface area contributed by atoms with Crippen molar-refractivity contribution in [2.24, 2.45) is 0 Å². The first-order valence-corrected chi connectivity index (χ1v) is 5.90. The zero-order valence-electron chi connectivity index (χ0n) is 10.9. The predicted molar refractivity (Wildman–Crippen MR) is 70.9 cm³/mol. The maximum atomic E-state index is 12.0. The number of aromatic nitrogens is 2. The molecule has 5 nitrogen and oxygen atoms in total. The van der Waals surface area contributed by atoms with Crippen LogP contribution in [0.2, 0.25) is 0 Å². The molecule has 19 heavy (non-hydrogen) atoms. The largest absolute Gasteiger partial charge is 0.480 e. The van der Waals surface area contributed by atoms with E-state index in [-0.39, 0.29) is 11.8 Å². The lowest BCUT2D eigenvalue weighted by molar-refractivity contribution is 0.0946. The minimum Gasteiger partial charge on any atom is -0.480 e. The third kappa shape index (κ3) is 3.28. The highest BCUT2D eigenvalue weighted by molar-refractivity contribution is 5.96. The fourth-order valence-electron chi connectivity index (χ4n) is 1.63. The lowest BCUT2D eigenvalue weighted by Crippen LogP contribution is -2.24. The van der Waals surface area contributed by atoms with E-state index in [1.54, 1.807) is 6.92 Å². The van der Waals surface area contributed by atoms with E-state index >= 15 is 0 Å². The number of hydrogen-bond donors (Lipinski definition) is 1. The second-order valence-electron chi connectivity index (χ2n) is 4.01. The van der Waals surface area contributed by atoms with Crippen molar-refractivity contribution in [3.8, 4) is 5.88 Å². The normalized spacial score (nSPS) is 10.0. The topological polar surface area (TPSA) is 64.1 Å². The molecule has 2 rings (SSSR count). The minimum absolute atomic E-state index is 0.249. The first kappa shape index (κ1) is 13.0. The first-order chi connectivity index (χ1) is 9.20. The molecule has 1 aromatic heterocycles. The molecule has 0 radical (unpaired) electrons. The van der Waals surface area contributed by atoms with E-state index in [2.05, 4.69) is 15.3 Å². The molecular formula is C14H15N3O2. The number of nitrogens with one attached hydrogen (secondary N) is 1. The number of hydrogen-bond acceptors (Lipinski definition) is 4. The van der Waals surface area contributed by atoms with Crippen molar-refractivity contribution >= 4 is 5.91 Å². The fraction of sp³-hybridized carbons (Fsp3) is 0.214. The number of amides is 1. The smallest absolute Gasteiger partial charge is 0.258 e. The standard InChI is InChI=1S/C14H15N3O2/c1-10-15-9-12(14(17-10)19-2)13(18)16-8-11-6-4-3-5-7-11/h3-7,9H,8H2,1-2H3,(H,16,18). The van der Waals surface area contributed by atoms with Crippen LogP contribution in [-0.2, 0) is 6.54 Å². The summed E-state index contributed by atoms with van der Waals surface area (Å²) in [5.41, 5.74) is 1.37. The summed E-state index contributed by atoms with van der Waals surface area (Å²) >= 11 is 0. The Morgan fingerprint density at radius 2 is 2.05 bits per heavy atom. The van der Waals surface area contributed by atoms with Gasteiger partial charge < -0.3 is 10.1 Å². The third-order valence-corrected chi connectivity index (χ3v) is 2.61. The molecule has 0 unspecified atom stereocenters. The van der Waals surface area contributed by atoms with E-state index in [0.29, 0.717) is 17.9 Å². The monoisotopic (exact) mass is 257 g/mol. The number of rotatable bonds is 4. The molecule has 5 heteroatoms. The lowest BCUT2D eigenvalue weighted by Gasteiger charge is -2.08. The number of carbonyl (C=O) groups is 1. The van der Waals surface area contributed by atoms with Gasteiger partial charge in [0.25, 0.3) is 5.91 Å². The number of nitrogens with zero attached hydrogens (tertiary/aromatic N) is 2. The van der Waals surface area contributed by atoms with Crippen LogP contribution in [0.15, 0.2) is 36.5 Å². The highest BCUT2D eigenvalue weighted by atomic mass is 16.5. The van der Waals surface area contributed by atoms with Gasteiger partial charge in [0.1, 0.15) is 11.4 Å². The predicted octanol–water partition coefficient (Wildman–Crippen LogP) is 1.72. The number of benzene rings is 1. The van der Waals surface area contributed by atoms with Gasteiger partial charge in [0.05, 0.1) is 7.11 Å². The van der Waals surface area contributed by atoms with Gasteiger partial charge in [-0.1, -0.05) is 30.3 Å². The van der Waals surface area contributed by atoms with Crippen molar-refractivity contribution < 1.29 is 9.53 Å². The Labute approximate surface area is 111 Å². The van der Waals surface area contributed by atoms with E-state index in [1.807, 2.05) is 30.3 Å². The van der Waals surface area contributed by atoms with Gasteiger partial charge in [0.15, 0.2) is 0 Å². The van der Waals surface area contributed by atoms with E-state index in [4.69, 9.17) is 4.74 Å². The molecule has 0 saturated carbocycles. The van der Waals surface area contributed by atoms with Gasteiger partial charge >= 0.3 is 0 Å². The van der Waals surface area contributed by atoms with Crippen LogP contribution < -0.4 is 10.1 Å². The third-order valence-electron chi connectivity index (χ3n) is 2.61.